The van der Waals surface area contributed by atoms with Crippen LogP contribution in [-0.2, 0) is 0 Å². The fourth-order valence-corrected chi connectivity index (χ4v) is 4.77. The third kappa shape index (κ3) is 8.79. The molecule has 0 fully saturated rings. The van der Waals surface area contributed by atoms with Crippen molar-refractivity contribution in [3.63, 3.8) is 0 Å². The van der Waals surface area contributed by atoms with E-state index in [2.05, 4.69) is 13.8 Å². The van der Waals surface area contributed by atoms with E-state index in [1.165, 1.54) is 94.8 Å². The zero-order valence-corrected chi connectivity index (χ0v) is 20.2. The molecular weight excluding hydrogens is 382 g/mol. The Kier molecular flexibility index (Phi) is 12.6. The van der Waals surface area contributed by atoms with Gasteiger partial charge in [0.25, 0.3) is 11.8 Å². The number of carbonyl (C=O) groups excluding carboxylic acids is 2. The van der Waals surface area contributed by atoms with Crippen molar-refractivity contribution in [2.45, 2.75) is 117 Å². The topological polar surface area (TPSA) is 37.4 Å². The molecule has 1 unspecified atom stereocenters. The van der Waals surface area contributed by atoms with Crippen LogP contribution < -0.4 is 0 Å². The second kappa shape index (κ2) is 15.2. The van der Waals surface area contributed by atoms with Crippen molar-refractivity contribution in [3.8, 4) is 0 Å². The molecule has 0 N–H and O–H groups in total. The van der Waals surface area contributed by atoms with Crippen molar-refractivity contribution >= 4 is 11.8 Å². The zero-order chi connectivity index (χ0) is 22.3. The molecule has 1 aliphatic heterocycles. The lowest BCUT2D eigenvalue weighted by Gasteiger charge is -2.23. The van der Waals surface area contributed by atoms with Crippen LogP contribution in [0.4, 0.5) is 0 Å². The zero-order valence-electron chi connectivity index (χ0n) is 20.2. The van der Waals surface area contributed by atoms with Gasteiger partial charge in [-0.2, -0.15) is 0 Å². The Hall–Kier alpha value is -1.64. The number of carbonyl (C=O) groups is 2. The quantitative estimate of drug-likeness (QED) is 0.175. The molecule has 0 spiro atoms. The number of amides is 2. The molecule has 0 aromatic heterocycles. The third-order valence-electron chi connectivity index (χ3n) is 6.75. The highest BCUT2D eigenvalue weighted by atomic mass is 16.2. The number of hydrogen-bond acceptors (Lipinski definition) is 2. The van der Waals surface area contributed by atoms with E-state index in [4.69, 9.17) is 0 Å². The average Bonchev–Trinajstić information content (AvgIpc) is 3.02. The Morgan fingerprint density at radius 1 is 0.613 bits per heavy atom. The van der Waals surface area contributed by atoms with Crippen molar-refractivity contribution in [2.75, 3.05) is 6.54 Å². The predicted octanol–water partition coefficient (Wildman–Crippen LogP) is 8.18. The molecule has 1 heterocycles. The Morgan fingerprint density at radius 3 is 1.42 bits per heavy atom. The van der Waals surface area contributed by atoms with Crippen LogP contribution in [0.3, 0.4) is 0 Å². The molecule has 1 aromatic rings. The minimum atomic E-state index is -0.0931. The number of rotatable bonds is 18. The maximum atomic E-state index is 12.8. The van der Waals surface area contributed by atoms with Crippen LogP contribution in [0.25, 0.3) is 0 Å². The SMILES string of the molecule is CCCCCCCCCCC(CCCCCCCC)CN1C(=O)c2ccccc2C1=O. The molecule has 31 heavy (non-hydrogen) atoms. The highest BCUT2D eigenvalue weighted by molar-refractivity contribution is 6.21. The van der Waals surface area contributed by atoms with Gasteiger partial charge in [0.2, 0.25) is 0 Å². The van der Waals surface area contributed by atoms with Crippen molar-refractivity contribution < 1.29 is 9.59 Å². The van der Waals surface area contributed by atoms with Gasteiger partial charge in [-0.15, -0.1) is 0 Å². The first-order chi connectivity index (χ1) is 15.2. The van der Waals surface area contributed by atoms with Crippen LogP contribution in [0.1, 0.15) is 137 Å². The van der Waals surface area contributed by atoms with Crippen molar-refractivity contribution in [3.05, 3.63) is 35.4 Å². The summed E-state index contributed by atoms with van der Waals surface area (Å²) < 4.78 is 0. The molecule has 2 amide bonds. The highest BCUT2D eigenvalue weighted by Gasteiger charge is 2.36. The number of fused-ring (bicyclic) bond motifs is 1. The summed E-state index contributed by atoms with van der Waals surface area (Å²) in [5, 5.41) is 0. The molecule has 0 aliphatic carbocycles. The second-order valence-electron chi connectivity index (χ2n) is 9.45. The van der Waals surface area contributed by atoms with Crippen LogP contribution >= 0.6 is 0 Å². The van der Waals surface area contributed by atoms with Crippen molar-refractivity contribution in [1.29, 1.82) is 0 Å². The lowest BCUT2D eigenvalue weighted by Crippen LogP contribution is -2.34. The molecule has 3 heteroatoms. The minimum Gasteiger partial charge on any atom is -0.274 e. The summed E-state index contributed by atoms with van der Waals surface area (Å²) in [6.45, 7) is 5.11. The molecule has 2 rings (SSSR count). The Bertz CT molecular complexity index is 619. The van der Waals surface area contributed by atoms with Crippen LogP contribution in [0, 0.1) is 5.92 Å². The first kappa shape index (κ1) is 25.6. The van der Waals surface area contributed by atoms with E-state index >= 15 is 0 Å². The summed E-state index contributed by atoms with van der Waals surface area (Å²) in [6.07, 6.45) is 20.6. The first-order valence-corrected chi connectivity index (χ1v) is 13.1. The van der Waals surface area contributed by atoms with Gasteiger partial charge in [0.05, 0.1) is 11.1 Å². The minimum absolute atomic E-state index is 0.0931. The molecule has 0 bridgehead atoms. The Labute approximate surface area is 191 Å². The summed E-state index contributed by atoms with van der Waals surface area (Å²) in [6, 6.07) is 7.28. The monoisotopic (exact) mass is 427 g/mol. The normalized spacial score (nSPS) is 14.3. The van der Waals surface area contributed by atoms with Gasteiger partial charge >= 0.3 is 0 Å². The molecule has 0 saturated heterocycles. The number of nitrogens with zero attached hydrogens (tertiary/aromatic N) is 1. The summed E-state index contributed by atoms with van der Waals surface area (Å²) in [7, 11) is 0. The lowest BCUT2D eigenvalue weighted by molar-refractivity contribution is 0.0621. The maximum Gasteiger partial charge on any atom is 0.261 e. The van der Waals surface area contributed by atoms with Crippen LogP contribution in [0.5, 0.6) is 0 Å². The summed E-state index contributed by atoms with van der Waals surface area (Å²) in [5.74, 6) is 0.252. The molecule has 1 atom stereocenters. The highest BCUT2D eigenvalue weighted by Crippen LogP contribution is 2.27. The van der Waals surface area contributed by atoms with Gasteiger partial charge < -0.3 is 0 Å². The van der Waals surface area contributed by atoms with Gasteiger partial charge in [-0.05, 0) is 30.9 Å². The van der Waals surface area contributed by atoms with E-state index in [1.54, 1.807) is 12.1 Å². The maximum absolute atomic E-state index is 12.8. The fraction of sp³-hybridized carbons (Fsp3) is 0.714. The third-order valence-corrected chi connectivity index (χ3v) is 6.75. The number of hydrogen-bond donors (Lipinski definition) is 0. The predicted molar refractivity (Wildman–Crippen MR) is 131 cm³/mol. The van der Waals surface area contributed by atoms with E-state index in [0.717, 1.165) is 12.8 Å². The van der Waals surface area contributed by atoms with Crippen LogP contribution in [-0.4, -0.2) is 23.3 Å². The van der Waals surface area contributed by atoms with Crippen molar-refractivity contribution in [1.82, 2.24) is 4.90 Å². The summed E-state index contributed by atoms with van der Waals surface area (Å²) in [5.41, 5.74) is 1.16. The van der Waals surface area contributed by atoms with E-state index in [9.17, 15) is 9.59 Å². The molecule has 1 aliphatic rings. The lowest BCUT2D eigenvalue weighted by atomic mass is 9.93. The van der Waals surface area contributed by atoms with E-state index in [1.807, 2.05) is 12.1 Å². The standard InChI is InChI=1S/C28H45NO2/c1-3-5-7-9-11-12-14-16-20-24(19-15-13-10-8-6-4-2)23-29-27(30)25-21-17-18-22-26(25)28(29)31/h17-18,21-22,24H,3-16,19-20,23H2,1-2H3. The van der Waals surface area contributed by atoms with Crippen LogP contribution in [0.15, 0.2) is 24.3 Å². The average molecular weight is 428 g/mol. The summed E-state index contributed by atoms with van der Waals surface area (Å²) in [4.78, 5) is 27.1. The number of imide groups is 1. The summed E-state index contributed by atoms with van der Waals surface area (Å²) >= 11 is 0. The molecule has 0 saturated carbocycles. The second-order valence-corrected chi connectivity index (χ2v) is 9.45. The Morgan fingerprint density at radius 2 is 1.00 bits per heavy atom. The Balaban J connectivity index is 1.80. The molecule has 0 radical (unpaired) electrons. The smallest absolute Gasteiger partial charge is 0.261 e. The van der Waals surface area contributed by atoms with Gasteiger partial charge in [-0.1, -0.05) is 116 Å². The van der Waals surface area contributed by atoms with Gasteiger partial charge in [-0.3, -0.25) is 14.5 Å². The number of benzene rings is 1. The van der Waals surface area contributed by atoms with E-state index < -0.39 is 0 Å². The molecule has 3 nitrogen and oxygen atoms in total. The molecular formula is C28H45NO2. The first-order valence-electron chi connectivity index (χ1n) is 13.1. The van der Waals surface area contributed by atoms with Gasteiger partial charge in [0.1, 0.15) is 0 Å². The largest absolute Gasteiger partial charge is 0.274 e. The van der Waals surface area contributed by atoms with E-state index in [-0.39, 0.29) is 11.8 Å². The molecule has 1 aromatic carbocycles. The van der Waals surface area contributed by atoms with Gasteiger partial charge in [-0.25, -0.2) is 0 Å². The van der Waals surface area contributed by atoms with Gasteiger partial charge in [0, 0.05) is 6.54 Å². The van der Waals surface area contributed by atoms with E-state index in [0.29, 0.717) is 23.6 Å². The van der Waals surface area contributed by atoms with Crippen molar-refractivity contribution in [2.24, 2.45) is 5.92 Å². The van der Waals surface area contributed by atoms with Crippen LogP contribution in [0.2, 0.25) is 0 Å². The fourth-order valence-electron chi connectivity index (χ4n) is 4.77. The number of unbranched alkanes of at least 4 members (excludes halogenated alkanes) is 12. The van der Waals surface area contributed by atoms with Gasteiger partial charge in [0.15, 0.2) is 0 Å². The molecule has 174 valence electrons.